The van der Waals surface area contributed by atoms with Gasteiger partial charge in [0.1, 0.15) is 5.75 Å². The van der Waals surface area contributed by atoms with E-state index >= 15 is 0 Å². The van der Waals surface area contributed by atoms with Crippen molar-refractivity contribution in [3.05, 3.63) is 23.2 Å². The number of amides is 1. The molecule has 116 valence electrons. The van der Waals surface area contributed by atoms with Crippen LogP contribution in [0.4, 0.5) is 5.69 Å². The van der Waals surface area contributed by atoms with Gasteiger partial charge in [0.15, 0.2) is 0 Å². The summed E-state index contributed by atoms with van der Waals surface area (Å²) in [7, 11) is 0. The van der Waals surface area contributed by atoms with E-state index in [1.807, 2.05) is 6.92 Å². The molecule has 1 aliphatic carbocycles. The number of carbonyl (C=O) groups is 1. The van der Waals surface area contributed by atoms with E-state index in [0.29, 0.717) is 23.1 Å². The zero-order valence-corrected chi connectivity index (χ0v) is 13.2. The highest BCUT2D eigenvalue weighted by Gasteiger charge is 2.25. The predicted octanol–water partition coefficient (Wildman–Crippen LogP) is 3.58. The second-order valence-electron chi connectivity index (χ2n) is 5.59. The second-order valence-corrected chi connectivity index (χ2v) is 6.03. The normalized spacial score (nSPS) is 21.9. The van der Waals surface area contributed by atoms with E-state index in [4.69, 9.17) is 22.1 Å². The van der Waals surface area contributed by atoms with E-state index < -0.39 is 0 Å². The zero-order valence-electron chi connectivity index (χ0n) is 12.4. The van der Waals surface area contributed by atoms with E-state index in [2.05, 4.69) is 5.32 Å². The van der Waals surface area contributed by atoms with Gasteiger partial charge in [-0.25, -0.2) is 0 Å². The molecule has 1 aromatic carbocycles. The van der Waals surface area contributed by atoms with Gasteiger partial charge in [-0.3, -0.25) is 4.79 Å². The molecule has 5 heteroatoms. The van der Waals surface area contributed by atoms with Gasteiger partial charge in [-0.2, -0.15) is 0 Å². The quantitative estimate of drug-likeness (QED) is 0.873. The smallest absolute Gasteiger partial charge is 0.227 e. The molecule has 0 bridgehead atoms. The van der Waals surface area contributed by atoms with Gasteiger partial charge in [0.25, 0.3) is 0 Å². The van der Waals surface area contributed by atoms with Crippen molar-refractivity contribution in [2.45, 2.75) is 45.1 Å². The lowest BCUT2D eigenvalue weighted by molar-refractivity contribution is -0.120. The van der Waals surface area contributed by atoms with Crippen LogP contribution in [-0.2, 0) is 4.79 Å². The molecule has 1 saturated carbocycles. The summed E-state index contributed by atoms with van der Waals surface area (Å²) in [5.41, 5.74) is 6.53. The SMILES string of the molecule is CCCOc1ccc(Cl)cc1NC(=O)C1CCC(N)CC1. The molecular weight excluding hydrogens is 288 g/mol. The van der Waals surface area contributed by atoms with Crippen molar-refractivity contribution < 1.29 is 9.53 Å². The van der Waals surface area contributed by atoms with Gasteiger partial charge in [-0.05, 0) is 50.3 Å². The van der Waals surface area contributed by atoms with Crippen LogP contribution in [0, 0.1) is 5.92 Å². The molecule has 0 heterocycles. The van der Waals surface area contributed by atoms with Crippen LogP contribution in [-0.4, -0.2) is 18.6 Å². The second kappa shape index (κ2) is 7.66. The van der Waals surface area contributed by atoms with Gasteiger partial charge in [0, 0.05) is 17.0 Å². The van der Waals surface area contributed by atoms with Crippen molar-refractivity contribution in [3.63, 3.8) is 0 Å². The number of nitrogens with two attached hydrogens (primary N) is 1. The Morgan fingerprint density at radius 3 is 2.76 bits per heavy atom. The van der Waals surface area contributed by atoms with Crippen molar-refractivity contribution in [3.8, 4) is 5.75 Å². The number of nitrogens with one attached hydrogen (secondary N) is 1. The Kier molecular flexibility index (Phi) is 5.88. The van der Waals surface area contributed by atoms with Crippen LogP contribution in [0.3, 0.4) is 0 Å². The number of ether oxygens (including phenoxy) is 1. The summed E-state index contributed by atoms with van der Waals surface area (Å²) in [6, 6.07) is 5.54. The Bertz CT molecular complexity index is 485. The van der Waals surface area contributed by atoms with Crippen LogP contribution < -0.4 is 15.8 Å². The molecule has 2 rings (SSSR count). The van der Waals surface area contributed by atoms with Crippen molar-refractivity contribution in [2.24, 2.45) is 11.7 Å². The summed E-state index contributed by atoms with van der Waals surface area (Å²) in [4.78, 5) is 12.4. The van der Waals surface area contributed by atoms with Gasteiger partial charge in [-0.1, -0.05) is 18.5 Å². The molecule has 0 spiro atoms. The fourth-order valence-electron chi connectivity index (χ4n) is 2.55. The maximum absolute atomic E-state index is 12.4. The Hall–Kier alpha value is -1.26. The Morgan fingerprint density at radius 1 is 1.38 bits per heavy atom. The first-order valence-corrected chi connectivity index (χ1v) is 7.96. The minimum atomic E-state index is 0.0304. The summed E-state index contributed by atoms with van der Waals surface area (Å²) >= 11 is 6.02. The first-order valence-electron chi connectivity index (χ1n) is 7.59. The third kappa shape index (κ3) is 4.61. The van der Waals surface area contributed by atoms with Gasteiger partial charge in [-0.15, -0.1) is 0 Å². The summed E-state index contributed by atoms with van der Waals surface area (Å²) in [5, 5.41) is 3.54. The zero-order chi connectivity index (χ0) is 15.2. The fourth-order valence-corrected chi connectivity index (χ4v) is 2.73. The minimum Gasteiger partial charge on any atom is -0.491 e. The number of hydrogen-bond donors (Lipinski definition) is 2. The van der Waals surface area contributed by atoms with E-state index in [0.717, 1.165) is 32.1 Å². The lowest BCUT2D eigenvalue weighted by Crippen LogP contribution is -2.32. The largest absolute Gasteiger partial charge is 0.491 e. The highest BCUT2D eigenvalue weighted by Crippen LogP contribution is 2.30. The summed E-state index contributed by atoms with van der Waals surface area (Å²) in [5.74, 6) is 0.732. The maximum atomic E-state index is 12.4. The van der Waals surface area contributed by atoms with Crippen LogP contribution in [0.5, 0.6) is 5.75 Å². The average Bonchev–Trinajstić information content (AvgIpc) is 2.47. The predicted molar refractivity (Wildman–Crippen MR) is 85.8 cm³/mol. The molecule has 0 unspecified atom stereocenters. The van der Waals surface area contributed by atoms with Crippen LogP contribution in [0.25, 0.3) is 0 Å². The number of anilines is 1. The highest BCUT2D eigenvalue weighted by atomic mass is 35.5. The number of carbonyl (C=O) groups excluding carboxylic acids is 1. The monoisotopic (exact) mass is 310 g/mol. The average molecular weight is 311 g/mol. The third-order valence-corrected chi connectivity index (χ3v) is 4.04. The molecule has 0 saturated heterocycles. The fraction of sp³-hybridized carbons (Fsp3) is 0.562. The molecule has 0 aliphatic heterocycles. The molecule has 21 heavy (non-hydrogen) atoms. The summed E-state index contributed by atoms with van der Waals surface area (Å²) < 4.78 is 5.65. The molecule has 1 aromatic rings. The van der Waals surface area contributed by atoms with E-state index in [9.17, 15) is 4.79 Å². The van der Waals surface area contributed by atoms with Gasteiger partial charge < -0.3 is 15.8 Å². The standard InChI is InChI=1S/C16H23ClN2O2/c1-2-9-21-15-8-5-12(17)10-14(15)19-16(20)11-3-6-13(18)7-4-11/h5,8,10-11,13H,2-4,6-7,9,18H2,1H3,(H,19,20). The number of rotatable bonds is 5. The van der Waals surface area contributed by atoms with Crippen LogP contribution in [0.1, 0.15) is 39.0 Å². The first-order chi connectivity index (χ1) is 10.1. The number of benzene rings is 1. The van der Waals surface area contributed by atoms with Crippen molar-refractivity contribution in [1.82, 2.24) is 0 Å². The van der Waals surface area contributed by atoms with Gasteiger partial charge >= 0.3 is 0 Å². The third-order valence-electron chi connectivity index (χ3n) is 3.80. The van der Waals surface area contributed by atoms with Crippen LogP contribution in [0.15, 0.2) is 18.2 Å². The molecular formula is C16H23ClN2O2. The molecule has 0 aromatic heterocycles. The van der Waals surface area contributed by atoms with Crippen molar-refractivity contribution >= 4 is 23.2 Å². The molecule has 0 radical (unpaired) electrons. The Labute approximate surface area is 131 Å². The molecule has 0 atom stereocenters. The molecule has 1 amide bonds. The van der Waals surface area contributed by atoms with Gasteiger partial charge in [0.2, 0.25) is 5.91 Å². The minimum absolute atomic E-state index is 0.0304. The molecule has 3 N–H and O–H groups in total. The first kappa shape index (κ1) is 16.1. The topological polar surface area (TPSA) is 64.3 Å². The maximum Gasteiger partial charge on any atom is 0.227 e. The van der Waals surface area contributed by atoms with Crippen LogP contribution >= 0.6 is 11.6 Å². The van der Waals surface area contributed by atoms with Gasteiger partial charge in [0.05, 0.1) is 12.3 Å². The van der Waals surface area contributed by atoms with Crippen LogP contribution in [0.2, 0.25) is 5.02 Å². The van der Waals surface area contributed by atoms with E-state index in [1.165, 1.54) is 0 Å². The Morgan fingerprint density at radius 2 is 2.10 bits per heavy atom. The lowest BCUT2D eigenvalue weighted by Gasteiger charge is -2.25. The highest BCUT2D eigenvalue weighted by molar-refractivity contribution is 6.31. The summed E-state index contributed by atoms with van der Waals surface area (Å²) in [6.07, 6.45) is 4.42. The molecule has 1 fully saturated rings. The molecule has 4 nitrogen and oxygen atoms in total. The van der Waals surface area contributed by atoms with Crippen molar-refractivity contribution in [2.75, 3.05) is 11.9 Å². The van der Waals surface area contributed by atoms with E-state index in [-0.39, 0.29) is 17.9 Å². The number of halogens is 1. The lowest BCUT2D eigenvalue weighted by atomic mass is 9.86. The summed E-state index contributed by atoms with van der Waals surface area (Å²) in [6.45, 7) is 2.65. The number of hydrogen-bond acceptors (Lipinski definition) is 3. The van der Waals surface area contributed by atoms with Crippen molar-refractivity contribution in [1.29, 1.82) is 0 Å². The van der Waals surface area contributed by atoms with E-state index in [1.54, 1.807) is 18.2 Å². The Balaban J connectivity index is 2.03. The molecule has 1 aliphatic rings.